The van der Waals surface area contributed by atoms with Gasteiger partial charge in [0.1, 0.15) is 11.2 Å². The van der Waals surface area contributed by atoms with Gasteiger partial charge in [0.05, 0.1) is 6.07 Å². The lowest BCUT2D eigenvalue weighted by atomic mass is 9.74. The molecule has 1 N–H and O–H groups in total. The van der Waals surface area contributed by atoms with Gasteiger partial charge in [0.25, 0.3) is 0 Å². The van der Waals surface area contributed by atoms with E-state index in [0.717, 1.165) is 24.8 Å². The normalized spacial score (nSPS) is 17.2. The summed E-state index contributed by atoms with van der Waals surface area (Å²) in [5.74, 6) is -0.439. The van der Waals surface area contributed by atoms with Gasteiger partial charge in [-0.25, -0.2) is 4.39 Å². The SMILES string of the molecule is N#CC1(C(=O)NCCc2cccc(F)c2)CCCCC1. The van der Waals surface area contributed by atoms with E-state index in [1.807, 2.05) is 6.07 Å². The molecule has 1 aliphatic carbocycles. The lowest BCUT2D eigenvalue weighted by Gasteiger charge is -2.29. The maximum atomic E-state index is 13.0. The van der Waals surface area contributed by atoms with E-state index in [-0.39, 0.29) is 11.7 Å². The van der Waals surface area contributed by atoms with Crippen LogP contribution in [0.5, 0.6) is 0 Å². The number of carbonyl (C=O) groups excluding carboxylic acids is 1. The summed E-state index contributed by atoms with van der Waals surface area (Å²) in [6.07, 6.45) is 4.84. The average molecular weight is 274 g/mol. The first-order valence-electron chi connectivity index (χ1n) is 7.10. The number of hydrogen-bond donors (Lipinski definition) is 1. The summed E-state index contributed by atoms with van der Waals surface area (Å²) in [5.41, 5.74) is 0.000142. The fourth-order valence-corrected chi connectivity index (χ4v) is 2.73. The van der Waals surface area contributed by atoms with Gasteiger partial charge >= 0.3 is 0 Å². The molecule has 0 heterocycles. The zero-order valence-electron chi connectivity index (χ0n) is 11.5. The zero-order chi connectivity index (χ0) is 14.4. The molecule has 1 amide bonds. The third-order valence-electron chi connectivity index (χ3n) is 3.94. The number of halogens is 1. The molecule has 0 spiro atoms. The Balaban J connectivity index is 1.87. The van der Waals surface area contributed by atoms with Crippen molar-refractivity contribution in [3.8, 4) is 6.07 Å². The fourth-order valence-electron chi connectivity index (χ4n) is 2.73. The van der Waals surface area contributed by atoms with E-state index in [0.29, 0.717) is 25.8 Å². The van der Waals surface area contributed by atoms with Crippen molar-refractivity contribution in [2.75, 3.05) is 6.54 Å². The molecular formula is C16H19FN2O. The first-order chi connectivity index (χ1) is 9.66. The van der Waals surface area contributed by atoms with E-state index in [1.54, 1.807) is 6.07 Å². The van der Waals surface area contributed by atoms with Gasteiger partial charge < -0.3 is 5.32 Å². The molecular weight excluding hydrogens is 255 g/mol. The molecule has 2 rings (SSSR count). The van der Waals surface area contributed by atoms with Crippen LogP contribution in [0.4, 0.5) is 4.39 Å². The molecule has 20 heavy (non-hydrogen) atoms. The van der Waals surface area contributed by atoms with Crippen molar-refractivity contribution in [1.82, 2.24) is 5.32 Å². The number of nitrogens with one attached hydrogen (secondary N) is 1. The predicted octanol–water partition coefficient (Wildman–Crippen LogP) is 2.96. The standard InChI is InChI=1S/C16H19FN2O/c17-14-6-4-5-13(11-14)7-10-19-15(20)16(12-18)8-2-1-3-9-16/h4-6,11H,1-3,7-10H2,(H,19,20). The second kappa shape index (κ2) is 6.51. The monoisotopic (exact) mass is 274 g/mol. The summed E-state index contributed by atoms with van der Waals surface area (Å²) in [7, 11) is 0. The summed E-state index contributed by atoms with van der Waals surface area (Å²) in [6, 6.07) is 8.55. The number of amides is 1. The predicted molar refractivity (Wildman–Crippen MR) is 74.2 cm³/mol. The van der Waals surface area contributed by atoms with E-state index < -0.39 is 5.41 Å². The van der Waals surface area contributed by atoms with Crippen molar-refractivity contribution in [2.24, 2.45) is 5.41 Å². The van der Waals surface area contributed by atoms with E-state index in [1.165, 1.54) is 12.1 Å². The number of benzene rings is 1. The number of nitriles is 1. The highest BCUT2D eigenvalue weighted by Gasteiger charge is 2.39. The molecule has 106 valence electrons. The van der Waals surface area contributed by atoms with Crippen LogP contribution in [0.2, 0.25) is 0 Å². The van der Waals surface area contributed by atoms with E-state index in [4.69, 9.17) is 0 Å². The quantitative estimate of drug-likeness (QED) is 0.917. The van der Waals surface area contributed by atoms with Gasteiger partial charge in [0.2, 0.25) is 5.91 Å². The van der Waals surface area contributed by atoms with E-state index in [2.05, 4.69) is 11.4 Å². The first kappa shape index (κ1) is 14.5. The van der Waals surface area contributed by atoms with Gasteiger partial charge in [-0.05, 0) is 37.0 Å². The van der Waals surface area contributed by atoms with Gasteiger partial charge in [-0.2, -0.15) is 5.26 Å². The molecule has 0 unspecified atom stereocenters. The van der Waals surface area contributed by atoms with Gasteiger partial charge in [0, 0.05) is 6.54 Å². The van der Waals surface area contributed by atoms with Crippen LogP contribution in [-0.2, 0) is 11.2 Å². The molecule has 0 aliphatic heterocycles. The first-order valence-corrected chi connectivity index (χ1v) is 7.10. The zero-order valence-corrected chi connectivity index (χ0v) is 11.5. The fraction of sp³-hybridized carbons (Fsp3) is 0.500. The Morgan fingerprint density at radius 2 is 2.10 bits per heavy atom. The number of hydrogen-bond acceptors (Lipinski definition) is 2. The molecule has 0 aromatic heterocycles. The number of carbonyl (C=O) groups is 1. The maximum absolute atomic E-state index is 13.0. The topological polar surface area (TPSA) is 52.9 Å². The van der Waals surface area contributed by atoms with Crippen molar-refractivity contribution < 1.29 is 9.18 Å². The average Bonchev–Trinajstić information content (AvgIpc) is 2.48. The second-order valence-electron chi connectivity index (χ2n) is 5.39. The van der Waals surface area contributed by atoms with Gasteiger partial charge in [-0.3, -0.25) is 4.79 Å². The smallest absolute Gasteiger partial charge is 0.240 e. The molecule has 1 fully saturated rings. The molecule has 1 aromatic carbocycles. The minimum Gasteiger partial charge on any atom is -0.354 e. The third kappa shape index (κ3) is 3.36. The number of nitrogens with zero attached hydrogens (tertiary/aromatic N) is 1. The number of rotatable bonds is 4. The summed E-state index contributed by atoms with van der Waals surface area (Å²) in [5, 5.41) is 12.1. The summed E-state index contributed by atoms with van der Waals surface area (Å²) >= 11 is 0. The minimum absolute atomic E-state index is 0.170. The van der Waals surface area contributed by atoms with Crippen molar-refractivity contribution >= 4 is 5.91 Å². The molecule has 0 radical (unpaired) electrons. The Labute approximate surface area is 118 Å². The molecule has 4 heteroatoms. The Morgan fingerprint density at radius 3 is 2.75 bits per heavy atom. The largest absolute Gasteiger partial charge is 0.354 e. The Bertz CT molecular complexity index is 515. The van der Waals surface area contributed by atoms with Crippen LogP contribution in [0.3, 0.4) is 0 Å². The lowest BCUT2D eigenvalue weighted by molar-refractivity contribution is -0.129. The molecule has 1 saturated carbocycles. The molecule has 0 atom stereocenters. The minimum atomic E-state index is -0.847. The van der Waals surface area contributed by atoms with E-state index in [9.17, 15) is 14.4 Å². The third-order valence-corrected chi connectivity index (χ3v) is 3.94. The Hall–Kier alpha value is -1.89. The molecule has 0 saturated heterocycles. The van der Waals surface area contributed by atoms with Gasteiger partial charge in [0.15, 0.2) is 0 Å². The van der Waals surface area contributed by atoms with Gasteiger partial charge in [-0.1, -0.05) is 31.4 Å². The van der Waals surface area contributed by atoms with Crippen LogP contribution in [0.1, 0.15) is 37.7 Å². The van der Waals surface area contributed by atoms with Crippen LogP contribution in [-0.4, -0.2) is 12.5 Å². The highest BCUT2D eigenvalue weighted by molar-refractivity contribution is 5.85. The van der Waals surface area contributed by atoms with Crippen LogP contribution >= 0.6 is 0 Å². The second-order valence-corrected chi connectivity index (χ2v) is 5.39. The lowest BCUT2D eigenvalue weighted by Crippen LogP contribution is -2.42. The van der Waals surface area contributed by atoms with Crippen molar-refractivity contribution in [3.05, 3.63) is 35.6 Å². The van der Waals surface area contributed by atoms with Crippen LogP contribution < -0.4 is 5.32 Å². The Kier molecular flexibility index (Phi) is 4.73. The van der Waals surface area contributed by atoms with E-state index >= 15 is 0 Å². The van der Waals surface area contributed by atoms with Crippen molar-refractivity contribution in [2.45, 2.75) is 38.5 Å². The molecule has 1 aromatic rings. The summed E-state index contributed by atoms with van der Waals surface area (Å²) in [6.45, 7) is 0.436. The highest BCUT2D eigenvalue weighted by atomic mass is 19.1. The van der Waals surface area contributed by atoms with Crippen molar-refractivity contribution in [1.29, 1.82) is 5.26 Å². The van der Waals surface area contributed by atoms with Crippen molar-refractivity contribution in [3.63, 3.8) is 0 Å². The maximum Gasteiger partial charge on any atom is 0.240 e. The summed E-state index contributed by atoms with van der Waals surface area (Å²) < 4.78 is 13.0. The molecule has 3 nitrogen and oxygen atoms in total. The Morgan fingerprint density at radius 1 is 1.35 bits per heavy atom. The summed E-state index contributed by atoms with van der Waals surface area (Å²) in [4.78, 5) is 12.2. The van der Waals surface area contributed by atoms with Crippen LogP contribution in [0.25, 0.3) is 0 Å². The molecule has 1 aliphatic rings. The highest BCUT2D eigenvalue weighted by Crippen LogP contribution is 2.35. The van der Waals surface area contributed by atoms with Crippen LogP contribution in [0, 0.1) is 22.6 Å². The van der Waals surface area contributed by atoms with Gasteiger partial charge in [-0.15, -0.1) is 0 Å². The molecule has 0 bridgehead atoms. The van der Waals surface area contributed by atoms with Crippen LogP contribution in [0.15, 0.2) is 24.3 Å².